The van der Waals surface area contributed by atoms with E-state index in [0.717, 1.165) is 16.8 Å². The van der Waals surface area contributed by atoms with Crippen LogP contribution in [0.25, 0.3) is 0 Å². The second-order valence-corrected chi connectivity index (χ2v) is 4.54. The van der Waals surface area contributed by atoms with Crippen molar-refractivity contribution in [1.29, 1.82) is 0 Å². The van der Waals surface area contributed by atoms with Gasteiger partial charge in [0.25, 0.3) is 0 Å². The van der Waals surface area contributed by atoms with Gasteiger partial charge in [0.15, 0.2) is 0 Å². The van der Waals surface area contributed by atoms with Gasteiger partial charge in [-0.15, -0.1) is 11.8 Å². The van der Waals surface area contributed by atoms with Crippen molar-refractivity contribution in [3.05, 3.63) is 29.3 Å². The summed E-state index contributed by atoms with van der Waals surface area (Å²) >= 11 is 1.45. The van der Waals surface area contributed by atoms with Crippen molar-refractivity contribution >= 4 is 29.3 Å². The van der Waals surface area contributed by atoms with E-state index in [0.29, 0.717) is 0 Å². The third-order valence-electron chi connectivity index (χ3n) is 2.49. The number of fused-ring (bicyclic) bond motifs is 1. The van der Waals surface area contributed by atoms with Crippen LogP contribution in [-0.4, -0.2) is 23.2 Å². The van der Waals surface area contributed by atoms with Crippen LogP contribution in [0.1, 0.15) is 16.4 Å². The number of nitrogens with one attached hydrogen (secondary N) is 1. The van der Waals surface area contributed by atoms with E-state index in [1.165, 1.54) is 11.8 Å². The van der Waals surface area contributed by atoms with E-state index in [1.54, 1.807) is 18.2 Å². The minimum absolute atomic E-state index is 0.0113. The summed E-state index contributed by atoms with van der Waals surface area (Å²) in [5.41, 5.74) is 2.40. The van der Waals surface area contributed by atoms with Gasteiger partial charge in [-0.2, -0.15) is 0 Å². The Bertz CT molecular complexity index is 459. The van der Waals surface area contributed by atoms with Gasteiger partial charge >= 0.3 is 5.97 Å². The highest BCUT2D eigenvalue weighted by molar-refractivity contribution is 7.99. The van der Waals surface area contributed by atoms with Crippen LogP contribution < -0.4 is 5.32 Å². The average Bonchev–Trinajstić information content (AvgIpc) is 2.52. The molecule has 1 aromatic carbocycles. The normalized spacial score (nSPS) is 18.1. The maximum Gasteiger partial charge on any atom is 0.307 e. The SMILES string of the molecule is CSC1C(=O)Nc2ccc(CC(=O)O)cc21. The minimum Gasteiger partial charge on any atom is -0.481 e. The van der Waals surface area contributed by atoms with Crippen molar-refractivity contribution in [2.24, 2.45) is 0 Å². The van der Waals surface area contributed by atoms with E-state index in [1.807, 2.05) is 6.26 Å². The van der Waals surface area contributed by atoms with Crippen molar-refractivity contribution in [2.45, 2.75) is 11.7 Å². The fourth-order valence-corrected chi connectivity index (χ4v) is 2.52. The molecule has 1 aliphatic rings. The maximum absolute atomic E-state index is 11.5. The summed E-state index contributed by atoms with van der Waals surface area (Å²) < 4.78 is 0. The molecule has 16 heavy (non-hydrogen) atoms. The Hall–Kier alpha value is -1.49. The predicted molar refractivity (Wildman–Crippen MR) is 62.7 cm³/mol. The zero-order valence-electron chi connectivity index (χ0n) is 8.69. The molecule has 1 unspecified atom stereocenters. The van der Waals surface area contributed by atoms with E-state index in [4.69, 9.17) is 5.11 Å². The van der Waals surface area contributed by atoms with Crippen molar-refractivity contribution in [2.75, 3.05) is 11.6 Å². The van der Waals surface area contributed by atoms with E-state index < -0.39 is 5.97 Å². The number of aliphatic carboxylic acids is 1. The van der Waals surface area contributed by atoms with Crippen molar-refractivity contribution < 1.29 is 14.7 Å². The molecule has 5 heteroatoms. The summed E-state index contributed by atoms with van der Waals surface area (Å²) in [5.74, 6) is -0.895. The Morgan fingerprint density at radius 3 is 2.94 bits per heavy atom. The molecule has 0 saturated heterocycles. The molecule has 0 spiro atoms. The Morgan fingerprint density at radius 2 is 2.31 bits per heavy atom. The number of hydrogen-bond acceptors (Lipinski definition) is 3. The molecule has 84 valence electrons. The third-order valence-corrected chi connectivity index (χ3v) is 3.42. The molecule has 2 rings (SSSR count). The fraction of sp³-hybridized carbons (Fsp3) is 0.273. The summed E-state index contributed by atoms with van der Waals surface area (Å²) in [6.45, 7) is 0. The van der Waals surface area contributed by atoms with Gasteiger partial charge in [-0.25, -0.2) is 0 Å². The molecule has 1 heterocycles. The summed E-state index contributed by atoms with van der Waals surface area (Å²) in [7, 11) is 0. The summed E-state index contributed by atoms with van der Waals surface area (Å²) in [4.78, 5) is 22.1. The van der Waals surface area contributed by atoms with Crippen LogP contribution in [0.15, 0.2) is 18.2 Å². The number of carbonyl (C=O) groups is 2. The Morgan fingerprint density at radius 1 is 1.56 bits per heavy atom. The Kier molecular flexibility index (Phi) is 2.87. The van der Waals surface area contributed by atoms with Gasteiger partial charge < -0.3 is 10.4 Å². The average molecular weight is 237 g/mol. The first-order valence-corrected chi connectivity index (χ1v) is 6.09. The monoisotopic (exact) mass is 237 g/mol. The Balaban J connectivity index is 2.35. The van der Waals surface area contributed by atoms with Crippen LogP contribution in [0, 0.1) is 0 Å². The highest BCUT2D eigenvalue weighted by atomic mass is 32.2. The molecule has 0 radical (unpaired) electrons. The van der Waals surface area contributed by atoms with Gasteiger partial charge in [0.1, 0.15) is 5.25 Å². The maximum atomic E-state index is 11.5. The van der Waals surface area contributed by atoms with E-state index in [9.17, 15) is 9.59 Å². The van der Waals surface area contributed by atoms with Crippen LogP contribution in [-0.2, 0) is 16.0 Å². The van der Waals surface area contributed by atoms with Crippen LogP contribution in [0.4, 0.5) is 5.69 Å². The number of benzene rings is 1. The van der Waals surface area contributed by atoms with E-state index in [-0.39, 0.29) is 17.6 Å². The lowest BCUT2D eigenvalue weighted by molar-refractivity contribution is -0.136. The molecule has 0 saturated carbocycles. The molecule has 0 fully saturated rings. The van der Waals surface area contributed by atoms with Crippen LogP contribution >= 0.6 is 11.8 Å². The summed E-state index contributed by atoms with van der Waals surface area (Å²) in [5, 5.41) is 11.3. The summed E-state index contributed by atoms with van der Waals surface area (Å²) in [6, 6.07) is 5.29. The molecule has 1 atom stereocenters. The van der Waals surface area contributed by atoms with Crippen molar-refractivity contribution in [1.82, 2.24) is 0 Å². The number of amides is 1. The van der Waals surface area contributed by atoms with Crippen molar-refractivity contribution in [3.8, 4) is 0 Å². The van der Waals surface area contributed by atoms with E-state index >= 15 is 0 Å². The van der Waals surface area contributed by atoms with Gasteiger partial charge in [-0.1, -0.05) is 12.1 Å². The number of carbonyl (C=O) groups excluding carboxylic acids is 1. The lowest BCUT2D eigenvalue weighted by atomic mass is 10.1. The standard InChI is InChI=1S/C11H11NO3S/c1-16-10-7-4-6(5-9(13)14)2-3-8(7)12-11(10)15/h2-4,10H,5H2,1H3,(H,12,15)(H,13,14). The first-order valence-electron chi connectivity index (χ1n) is 4.80. The zero-order valence-corrected chi connectivity index (χ0v) is 9.50. The number of carboxylic acids is 1. The number of thioether (sulfide) groups is 1. The first-order chi connectivity index (χ1) is 7.61. The van der Waals surface area contributed by atoms with Gasteiger partial charge in [0.05, 0.1) is 6.42 Å². The molecule has 2 N–H and O–H groups in total. The second kappa shape index (κ2) is 4.17. The molecule has 1 amide bonds. The molecule has 0 bridgehead atoms. The van der Waals surface area contributed by atoms with E-state index in [2.05, 4.69) is 5.32 Å². The second-order valence-electron chi connectivity index (χ2n) is 3.60. The molecule has 1 aliphatic heterocycles. The minimum atomic E-state index is -0.863. The third kappa shape index (κ3) is 1.90. The van der Waals surface area contributed by atoms with Gasteiger partial charge in [-0.05, 0) is 23.4 Å². The quantitative estimate of drug-likeness (QED) is 0.839. The molecule has 0 aromatic heterocycles. The van der Waals surface area contributed by atoms with Gasteiger partial charge in [-0.3, -0.25) is 9.59 Å². The molecular weight excluding hydrogens is 226 g/mol. The molecule has 1 aromatic rings. The van der Waals surface area contributed by atoms with Crippen LogP contribution in [0.3, 0.4) is 0 Å². The topological polar surface area (TPSA) is 66.4 Å². The fourth-order valence-electron chi connectivity index (χ4n) is 1.80. The Labute approximate surface area is 97.0 Å². The van der Waals surface area contributed by atoms with Gasteiger partial charge in [0.2, 0.25) is 5.91 Å². The lowest BCUT2D eigenvalue weighted by Crippen LogP contribution is -2.08. The number of anilines is 1. The molecular formula is C11H11NO3S. The van der Waals surface area contributed by atoms with Crippen molar-refractivity contribution in [3.63, 3.8) is 0 Å². The largest absolute Gasteiger partial charge is 0.481 e. The van der Waals surface area contributed by atoms with Crippen LogP contribution in [0.2, 0.25) is 0 Å². The number of hydrogen-bond donors (Lipinski definition) is 2. The first kappa shape index (κ1) is 11.0. The molecule has 4 nitrogen and oxygen atoms in total. The molecule has 0 aliphatic carbocycles. The number of rotatable bonds is 3. The van der Waals surface area contributed by atoms with Gasteiger partial charge in [0, 0.05) is 5.69 Å². The smallest absolute Gasteiger partial charge is 0.307 e. The number of carboxylic acid groups (broad SMARTS) is 1. The zero-order chi connectivity index (χ0) is 11.7. The van der Waals surface area contributed by atoms with Crippen LogP contribution in [0.5, 0.6) is 0 Å². The highest BCUT2D eigenvalue weighted by Crippen LogP contribution is 2.39. The highest BCUT2D eigenvalue weighted by Gasteiger charge is 2.29. The summed E-state index contributed by atoms with van der Waals surface area (Å²) in [6.07, 6.45) is 1.85. The predicted octanol–water partition coefficient (Wildman–Crippen LogP) is 1.67. The lowest BCUT2D eigenvalue weighted by Gasteiger charge is -2.05.